The molecule has 0 radical (unpaired) electrons. The third-order valence-electron chi connectivity index (χ3n) is 9.85. The highest BCUT2D eigenvalue weighted by atomic mass is 32.2. The zero-order valence-corrected chi connectivity index (χ0v) is 34.1. The molecule has 4 N–H and O–H groups in total. The monoisotopic (exact) mass is 792 g/mol. The standard InChI is InChI=1S/C43H48N6O5S2/c1-7-48(8-2)32-21-23-36(38(27-32)46-55(51,52)34-17-13-11-14-18-34)40-41(45-43(44-40)31-25-29(5)42(50)30(6)26-31)37-24-22-33(49(9-3)10-4)28-39(37)47-56(53,54)35-19-15-12-16-20-35/h11-28,46-47,50H,7-10H2,1-6H3,(H,44,45). The molecule has 6 aromatic rings. The molecule has 56 heavy (non-hydrogen) atoms. The molecule has 0 atom stereocenters. The summed E-state index contributed by atoms with van der Waals surface area (Å²) in [6.07, 6.45) is 0. The van der Waals surface area contributed by atoms with E-state index in [1.54, 1.807) is 56.3 Å². The summed E-state index contributed by atoms with van der Waals surface area (Å²) in [5.41, 5.74) is 6.01. The molecule has 292 valence electrons. The van der Waals surface area contributed by atoms with Crippen LogP contribution in [0.25, 0.3) is 33.9 Å². The van der Waals surface area contributed by atoms with Crippen LogP contribution in [0.2, 0.25) is 0 Å². The van der Waals surface area contributed by atoms with Crippen molar-refractivity contribution in [3.05, 3.63) is 120 Å². The number of aromatic amines is 1. The Bertz CT molecular complexity index is 2380. The van der Waals surface area contributed by atoms with Gasteiger partial charge in [0.2, 0.25) is 0 Å². The van der Waals surface area contributed by atoms with E-state index in [9.17, 15) is 21.9 Å². The van der Waals surface area contributed by atoms with E-state index in [1.165, 1.54) is 24.3 Å². The zero-order chi connectivity index (χ0) is 40.2. The number of anilines is 4. The van der Waals surface area contributed by atoms with Gasteiger partial charge in [-0.2, -0.15) is 0 Å². The first-order chi connectivity index (χ1) is 26.8. The van der Waals surface area contributed by atoms with Crippen molar-refractivity contribution < 1.29 is 21.9 Å². The quantitative estimate of drug-likeness (QED) is 0.0806. The van der Waals surface area contributed by atoms with Gasteiger partial charge in [0.1, 0.15) is 11.6 Å². The Hall–Kier alpha value is -5.79. The van der Waals surface area contributed by atoms with Gasteiger partial charge in [-0.3, -0.25) is 9.44 Å². The number of sulfonamides is 2. The lowest BCUT2D eigenvalue weighted by Gasteiger charge is -2.24. The van der Waals surface area contributed by atoms with E-state index in [0.717, 1.165) is 11.4 Å². The largest absolute Gasteiger partial charge is 0.507 e. The van der Waals surface area contributed by atoms with Crippen LogP contribution in [-0.4, -0.2) is 58.1 Å². The molecule has 0 saturated heterocycles. The van der Waals surface area contributed by atoms with Crippen LogP contribution in [0.1, 0.15) is 38.8 Å². The average Bonchev–Trinajstić information content (AvgIpc) is 3.63. The fourth-order valence-corrected chi connectivity index (χ4v) is 9.01. The maximum Gasteiger partial charge on any atom is 0.261 e. The van der Waals surface area contributed by atoms with Gasteiger partial charge < -0.3 is 19.9 Å². The number of benzene rings is 5. The highest BCUT2D eigenvalue weighted by Gasteiger charge is 2.26. The SMILES string of the molecule is CCN(CC)c1ccc(-c2nc(-c3cc(C)c(O)c(C)c3)[nH]c2-c2ccc(N(CC)CC)cc2NS(=O)(=O)c2ccccc2)c(NS(=O)(=O)c2ccccc2)c1. The van der Waals surface area contributed by atoms with Crippen molar-refractivity contribution >= 4 is 42.8 Å². The number of aromatic hydroxyl groups is 1. The van der Waals surface area contributed by atoms with Gasteiger partial charge >= 0.3 is 0 Å². The van der Waals surface area contributed by atoms with Gasteiger partial charge in [-0.05, 0) is 125 Å². The Morgan fingerprint density at radius 3 is 1.48 bits per heavy atom. The van der Waals surface area contributed by atoms with Crippen molar-refractivity contribution in [1.29, 1.82) is 0 Å². The first-order valence-electron chi connectivity index (χ1n) is 18.6. The zero-order valence-electron chi connectivity index (χ0n) is 32.5. The summed E-state index contributed by atoms with van der Waals surface area (Å²) in [5, 5.41) is 10.6. The summed E-state index contributed by atoms with van der Waals surface area (Å²) in [6.45, 7) is 14.5. The van der Waals surface area contributed by atoms with Crippen molar-refractivity contribution in [3.8, 4) is 39.7 Å². The van der Waals surface area contributed by atoms with Crippen molar-refractivity contribution in [2.75, 3.05) is 45.4 Å². The molecule has 0 bridgehead atoms. The van der Waals surface area contributed by atoms with Crippen LogP contribution in [0.15, 0.2) is 119 Å². The van der Waals surface area contributed by atoms with E-state index in [0.29, 0.717) is 82.6 Å². The second kappa shape index (κ2) is 16.5. The van der Waals surface area contributed by atoms with Crippen molar-refractivity contribution in [1.82, 2.24) is 9.97 Å². The van der Waals surface area contributed by atoms with Crippen molar-refractivity contribution in [2.24, 2.45) is 0 Å². The summed E-state index contributed by atoms with van der Waals surface area (Å²) < 4.78 is 61.5. The molecule has 5 aromatic carbocycles. The van der Waals surface area contributed by atoms with E-state index in [4.69, 9.17) is 4.98 Å². The maximum atomic E-state index is 13.9. The van der Waals surface area contributed by atoms with Crippen LogP contribution >= 0.6 is 0 Å². The lowest BCUT2D eigenvalue weighted by Crippen LogP contribution is -2.22. The molecule has 0 aliphatic rings. The summed E-state index contributed by atoms with van der Waals surface area (Å²) in [6, 6.07) is 31.1. The van der Waals surface area contributed by atoms with Gasteiger partial charge in [0.15, 0.2) is 0 Å². The molecule has 0 spiro atoms. The minimum absolute atomic E-state index is 0.0989. The predicted octanol–water partition coefficient (Wildman–Crippen LogP) is 9.03. The number of hydrogen-bond donors (Lipinski definition) is 4. The van der Waals surface area contributed by atoms with Crippen LogP contribution in [0.3, 0.4) is 0 Å². The molecule has 1 aromatic heterocycles. The summed E-state index contributed by atoms with van der Waals surface area (Å²) in [7, 11) is -8.10. The number of nitrogens with one attached hydrogen (secondary N) is 3. The lowest BCUT2D eigenvalue weighted by molar-refractivity contribution is 0.467. The Morgan fingerprint density at radius 1 is 0.607 bits per heavy atom. The van der Waals surface area contributed by atoms with Crippen molar-refractivity contribution in [2.45, 2.75) is 51.3 Å². The number of phenols is 1. The fraction of sp³-hybridized carbons (Fsp3) is 0.233. The normalized spacial score (nSPS) is 11.7. The number of nitrogens with zero attached hydrogens (tertiary/aromatic N) is 3. The summed E-state index contributed by atoms with van der Waals surface area (Å²) >= 11 is 0. The van der Waals surface area contributed by atoms with Crippen LogP contribution in [0, 0.1) is 13.8 Å². The number of H-pyrrole nitrogens is 1. The van der Waals surface area contributed by atoms with E-state index in [-0.39, 0.29) is 15.5 Å². The molecular formula is C43H48N6O5S2. The molecular weight excluding hydrogens is 745 g/mol. The topological polar surface area (TPSA) is 148 Å². The number of imidazole rings is 1. The van der Waals surface area contributed by atoms with E-state index in [1.807, 2.05) is 70.2 Å². The predicted molar refractivity (Wildman–Crippen MR) is 228 cm³/mol. The molecule has 0 aliphatic heterocycles. The number of rotatable bonds is 15. The minimum Gasteiger partial charge on any atom is -0.507 e. The van der Waals surface area contributed by atoms with E-state index in [2.05, 4.69) is 24.2 Å². The van der Waals surface area contributed by atoms with Gasteiger partial charge in [0.05, 0.1) is 32.6 Å². The smallest absolute Gasteiger partial charge is 0.261 e. The highest BCUT2D eigenvalue weighted by Crippen LogP contribution is 2.43. The molecule has 11 nitrogen and oxygen atoms in total. The Kier molecular flexibility index (Phi) is 11.8. The van der Waals surface area contributed by atoms with Gasteiger partial charge in [-0.1, -0.05) is 36.4 Å². The van der Waals surface area contributed by atoms with Crippen LogP contribution in [0.4, 0.5) is 22.7 Å². The Balaban J connectivity index is 1.64. The second-order valence-electron chi connectivity index (χ2n) is 13.4. The maximum absolute atomic E-state index is 13.9. The molecule has 0 unspecified atom stereocenters. The summed E-state index contributed by atoms with van der Waals surface area (Å²) in [5.74, 6) is 0.616. The first kappa shape index (κ1) is 39.9. The van der Waals surface area contributed by atoms with Gasteiger partial charge in [0, 0.05) is 54.2 Å². The van der Waals surface area contributed by atoms with Crippen molar-refractivity contribution in [3.63, 3.8) is 0 Å². The first-order valence-corrected chi connectivity index (χ1v) is 21.6. The second-order valence-corrected chi connectivity index (χ2v) is 16.8. The fourth-order valence-electron chi connectivity index (χ4n) is 6.83. The number of phenolic OH excluding ortho intramolecular Hbond substituents is 1. The Labute approximate surface area is 330 Å². The number of hydrogen-bond acceptors (Lipinski definition) is 8. The average molecular weight is 793 g/mol. The lowest BCUT2D eigenvalue weighted by atomic mass is 10.0. The molecule has 1 heterocycles. The summed E-state index contributed by atoms with van der Waals surface area (Å²) in [4.78, 5) is 13.0. The molecule has 0 aliphatic carbocycles. The molecule has 0 fully saturated rings. The van der Waals surface area contributed by atoms with E-state index < -0.39 is 20.0 Å². The minimum atomic E-state index is -4.05. The van der Waals surface area contributed by atoms with E-state index >= 15 is 0 Å². The molecule has 0 amide bonds. The number of aryl methyl sites for hydroxylation is 2. The van der Waals surface area contributed by atoms with Crippen LogP contribution < -0.4 is 19.2 Å². The number of aromatic nitrogens is 2. The van der Waals surface area contributed by atoms with Gasteiger partial charge in [-0.25, -0.2) is 21.8 Å². The highest BCUT2D eigenvalue weighted by molar-refractivity contribution is 7.93. The third-order valence-corrected chi connectivity index (χ3v) is 12.6. The third kappa shape index (κ3) is 8.24. The molecule has 0 saturated carbocycles. The van der Waals surface area contributed by atoms with Gasteiger partial charge in [-0.15, -0.1) is 0 Å². The van der Waals surface area contributed by atoms with Gasteiger partial charge in [0.25, 0.3) is 20.0 Å². The van der Waals surface area contributed by atoms with Crippen LogP contribution in [-0.2, 0) is 20.0 Å². The Morgan fingerprint density at radius 2 is 1.04 bits per heavy atom. The molecule has 13 heteroatoms. The van der Waals surface area contributed by atoms with Crippen LogP contribution in [0.5, 0.6) is 5.75 Å². The molecule has 6 rings (SSSR count).